The molecule has 0 radical (unpaired) electrons. The van der Waals surface area contributed by atoms with Gasteiger partial charge in [0.15, 0.2) is 5.11 Å². The molecule has 2 nitrogen and oxygen atoms in total. The number of rotatable bonds is 1. The van der Waals surface area contributed by atoms with Gasteiger partial charge in [0.25, 0.3) is 0 Å². The quantitative estimate of drug-likeness (QED) is 0.781. The average molecular weight is 276 g/mol. The number of anilines is 1. The molecule has 1 fully saturated rings. The van der Waals surface area contributed by atoms with Crippen molar-refractivity contribution in [3.63, 3.8) is 0 Å². The van der Waals surface area contributed by atoms with Gasteiger partial charge in [0, 0.05) is 18.8 Å². The Labute approximate surface area is 122 Å². The Morgan fingerprint density at radius 1 is 1.21 bits per heavy atom. The minimum absolute atomic E-state index is 0.724. The highest BCUT2D eigenvalue weighted by molar-refractivity contribution is 7.80. The van der Waals surface area contributed by atoms with Gasteiger partial charge < -0.3 is 10.2 Å². The van der Waals surface area contributed by atoms with E-state index < -0.39 is 0 Å². The van der Waals surface area contributed by atoms with Crippen molar-refractivity contribution in [2.24, 2.45) is 11.8 Å². The van der Waals surface area contributed by atoms with Crippen molar-refractivity contribution in [1.82, 2.24) is 4.90 Å². The molecule has 2 rings (SSSR count). The maximum atomic E-state index is 5.58. The third kappa shape index (κ3) is 3.47. The molecule has 1 N–H and O–H groups in total. The first-order valence-electron chi connectivity index (χ1n) is 7.09. The zero-order chi connectivity index (χ0) is 14.0. The van der Waals surface area contributed by atoms with Crippen molar-refractivity contribution in [2.45, 2.75) is 34.1 Å². The van der Waals surface area contributed by atoms with Crippen LogP contribution >= 0.6 is 12.2 Å². The van der Waals surface area contributed by atoms with Gasteiger partial charge in [0.1, 0.15) is 0 Å². The lowest BCUT2D eigenvalue weighted by Crippen LogP contribution is -2.44. The van der Waals surface area contributed by atoms with Crippen LogP contribution in [0.4, 0.5) is 5.69 Å². The summed E-state index contributed by atoms with van der Waals surface area (Å²) in [6.07, 6.45) is 1.31. The third-order valence-electron chi connectivity index (χ3n) is 4.00. The van der Waals surface area contributed by atoms with Crippen LogP contribution in [0.5, 0.6) is 0 Å². The fourth-order valence-electron chi connectivity index (χ4n) is 2.91. The van der Waals surface area contributed by atoms with E-state index >= 15 is 0 Å². The molecule has 0 aromatic heterocycles. The van der Waals surface area contributed by atoms with Gasteiger partial charge in [-0.1, -0.05) is 26.0 Å². The molecule has 1 aromatic carbocycles. The monoisotopic (exact) mass is 276 g/mol. The van der Waals surface area contributed by atoms with Crippen molar-refractivity contribution in [1.29, 1.82) is 0 Å². The molecule has 19 heavy (non-hydrogen) atoms. The van der Waals surface area contributed by atoms with Gasteiger partial charge in [0.2, 0.25) is 0 Å². The maximum Gasteiger partial charge on any atom is 0.173 e. The van der Waals surface area contributed by atoms with E-state index in [1.54, 1.807) is 0 Å². The van der Waals surface area contributed by atoms with Crippen molar-refractivity contribution in [2.75, 3.05) is 18.4 Å². The number of nitrogens with one attached hydrogen (secondary N) is 1. The summed E-state index contributed by atoms with van der Waals surface area (Å²) in [7, 11) is 0. The average Bonchev–Trinajstić information content (AvgIpc) is 2.33. The number of aryl methyl sites for hydroxylation is 1. The molecule has 0 aliphatic carbocycles. The van der Waals surface area contributed by atoms with E-state index in [0.717, 1.165) is 35.7 Å². The van der Waals surface area contributed by atoms with Gasteiger partial charge in [-0.15, -0.1) is 0 Å². The van der Waals surface area contributed by atoms with E-state index in [1.807, 2.05) is 0 Å². The molecule has 2 atom stereocenters. The summed E-state index contributed by atoms with van der Waals surface area (Å²) in [5.74, 6) is 1.45. The third-order valence-corrected chi connectivity index (χ3v) is 4.36. The van der Waals surface area contributed by atoms with Crippen LogP contribution in [-0.4, -0.2) is 23.1 Å². The predicted molar refractivity (Wildman–Crippen MR) is 86.7 cm³/mol. The Kier molecular flexibility index (Phi) is 4.46. The van der Waals surface area contributed by atoms with Gasteiger partial charge >= 0.3 is 0 Å². The smallest absolute Gasteiger partial charge is 0.173 e. The maximum absolute atomic E-state index is 5.58. The largest absolute Gasteiger partial charge is 0.348 e. The van der Waals surface area contributed by atoms with Crippen LogP contribution in [0.3, 0.4) is 0 Å². The lowest BCUT2D eigenvalue weighted by atomic mass is 9.92. The molecule has 1 aliphatic rings. The molecule has 1 aromatic rings. The molecular formula is C16H24N2S. The number of likely N-dealkylation sites (tertiary alicyclic amines) is 1. The minimum atomic E-state index is 0.724. The summed E-state index contributed by atoms with van der Waals surface area (Å²) < 4.78 is 0. The summed E-state index contributed by atoms with van der Waals surface area (Å²) in [6.45, 7) is 11.0. The second-order valence-corrected chi connectivity index (χ2v) is 6.42. The molecule has 0 spiro atoms. The van der Waals surface area contributed by atoms with Gasteiger partial charge in [0.05, 0.1) is 0 Å². The summed E-state index contributed by atoms with van der Waals surface area (Å²) in [5.41, 5.74) is 3.71. The van der Waals surface area contributed by atoms with E-state index in [-0.39, 0.29) is 0 Å². The highest BCUT2D eigenvalue weighted by Crippen LogP contribution is 2.23. The second-order valence-electron chi connectivity index (χ2n) is 6.03. The van der Waals surface area contributed by atoms with Crippen molar-refractivity contribution in [3.05, 3.63) is 29.3 Å². The van der Waals surface area contributed by atoms with Crippen LogP contribution in [0, 0.1) is 25.7 Å². The molecule has 0 unspecified atom stereocenters. The van der Waals surface area contributed by atoms with E-state index in [0.29, 0.717) is 0 Å². The Hall–Kier alpha value is -1.09. The molecule has 1 saturated heterocycles. The first-order chi connectivity index (χ1) is 8.97. The van der Waals surface area contributed by atoms with Crippen LogP contribution in [0.1, 0.15) is 31.4 Å². The molecule has 0 saturated carbocycles. The predicted octanol–water partition coefficient (Wildman–Crippen LogP) is 3.98. The van der Waals surface area contributed by atoms with Crippen LogP contribution in [-0.2, 0) is 0 Å². The number of piperidine rings is 1. The second kappa shape index (κ2) is 5.91. The van der Waals surface area contributed by atoms with E-state index in [9.17, 15) is 0 Å². The van der Waals surface area contributed by atoms with Crippen LogP contribution in [0.2, 0.25) is 0 Å². The van der Waals surface area contributed by atoms with Gasteiger partial charge in [-0.2, -0.15) is 0 Å². The van der Waals surface area contributed by atoms with Crippen molar-refractivity contribution in [3.8, 4) is 0 Å². The van der Waals surface area contributed by atoms with E-state index in [1.165, 1.54) is 17.5 Å². The Balaban J connectivity index is 2.06. The summed E-state index contributed by atoms with van der Waals surface area (Å²) in [4.78, 5) is 2.32. The van der Waals surface area contributed by atoms with E-state index in [4.69, 9.17) is 12.2 Å². The lowest BCUT2D eigenvalue weighted by Gasteiger charge is -2.36. The van der Waals surface area contributed by atoms with Gasteiger partial charge in [-0.25, -0.2) is 0 Å². The Morgan fingerprint density at radius 3 is 2.47 bits per heavy atom. The number of hydrogen-bond acceptors (Lipinski definition) is 1. The Morgan fingerprint density at radius 2 is 1.84 bits per heavy atom. The van der Waals surface area contributed by atoms with Crippen LogP contribution in [0.15, 0.2) is 18.2 Å². The fraction of sp³-hybridized carbons (Fsp3) is 0.562. The zero-order valence-electron chi connectivity index (χ0n) is 12.4. The minimum Gasteiger partial charge on any atom is -0.348 e. The van der Waals surface area contributed by atoms with Gasteiger partial charge in [-0.05, 0) is 61.5 Å². The molecule has 104 valence electrons. The molecule has 1 aliphatic heterocycles. The number of benzene rings is 1. The molecule has 1 heterocycles. The van der Waals surface area contributed by atoms with Crippen LogP contribution in [0.25, 0.3) is 0 Å². The summed E-state index contributed by atoms with van der Waals surface area (Å²) in [5, 5.41) is 4.29. The molecular weight excluding hydrogens is 252 g/mol. The highest BCUT2D eigenvalue weighted by atomic mass is 32.1. The molecule has 3 heteroatoms. The standard InChI is InChI=1S/C16H24N2S/c1-11-8-12(2)10-18(9-11)16(19)17-15-7-5-6-13(3)14(15)4/h5-7,11-12H,8-10H2,1-4H3,(H,17,19)/t11-,12-/m0/s1. The summed E-state index contributed by atoms with van der Waals surface area (Å²) in [6, 6.07) is 6.31. The Bertz CT molecular complexity index is 460. The fourth-order valence-corrected chi connectivity index (χ4v) is 3.17. The van der Waals surface area contributed by atoms with Gasteiger partial charge in [-0.3, -0.25) is 0 Å². The lowest BCUT2D eigenvalue weighted by molar-refractivity contribution is 0.216. The summed E-state index contributed by atoms with van der Waals surface area (Å²) >= 11 is 5.58. The number of thiocarbonyl (C=S) groups is 1. The first kappa shape index (κ1) is 14.3. The van der Waals surface area contributed by atoms with Crippen molar-refractivity contribution >= 4 is 23.0 Å². The van der Waals surface area contributed by atoms with E-state index in [2.05, 4.69) is 56.1 Å². The van der Waals surface area contributed by atoms with Crippen molar-refractivity contribution < 1.29 is 0 Å². The topological polar surface area (TPSA) is 15.3 Å². The zero-order valence-corrected chi connectivity index (χ0v) is 13.2. The first-order valence-corrected chi connectivity index (χ1v) is 7.50. The normalized spacial score (nSPS) is 23.3. The molecule has 0 bridgehead atoms. The van der Waals surface area contributed by atoms with Crippen LogP contribution < -0.4 is 5.32 Å². The highest BCUT2D eigenvalue weighted by Gasteiger charge is 2.23. The number of hydrogen-bond donors (Lipinski definition) is 1. The number of nitrogens with zero attached hydrogens (tertiary/aromatic N) is 1. The SMILES string of the molecule is Cc1cccc(NC(=S)N2C[C@@H](C)C[C@H](C)C2)c1C. The molecule has 0 amide bonds.